The number of rotatable bonds is 4. The summed E-state index contributed by atoms with van der Waals surface area (Å²) in [6.45, 7) is 2.09. The molecule has 0 atom stereocenters. The van der Waals surface area contributed by atoms with Crippen LogP contribution in [-0.4, -0.2) is 10.5 Å². The van der Waals surface area contributed by atoms with Gasteiger partial charge in [0, 0.05) is 22.4 Å². The molecular formula is C16H17BrN2O. The molecule has 0 bridgehead atoms. The van der Waals surface area contributed by atoms with Crippen molar-refractivity contribution in [1.82, 2.24) is 4.57 Å². The minimum absolute atomic E-state index is 0.0288. The maximum atomic E-state index is 12.4. The van der Waals surface area contributed by atoms with Crippen molar-refractivity contribution in [1.29, 1.82) is 0 Å². The molecule has 1 aliphatic rings. The van der Waals surface area contributed by atoms with Gasteiger partial charge in [-0.2, -0.15) is 0 Å². The van der Waals surface area contributed by atoms with Crippen LogP contribution in [0.3, 0.4) is 0 Å². The monoisotopic (exact) mass is 332 g/mol. The van der Waals surface area contributed by atoms with Crippen molar-refractivity contribution >= 4 is 27.5 Å². The van der Waals surface area contributed by atoms with E-state index in [4.69, 9.17) is 0 Å². The summed E-state index contributed by atoms with van der Waals surface area (Å²) in [6, 6.07) is 10.3. The standard InChI is InChI=1S/C16H17BrN2O/c1-2-11-10-12(17)5-8-14(11)18-16(20)15-4-3-9-19(15)13-6-7-13/h3-5,8-10,13H,2,6-7H2,1H3,(H,18,20). The summed E-state index contributed by atoms with van der Waals surface area (Å²) in [5.41, 5.74) is 2.78. The highest BCUT2D eigenvalue weighted by Gasteiger charge is 2.26. The highest BCUT2D eigenvalue weighted by molar-refractivity contribution is 9.10. The van der Waals surface area contributed by atoms with Gasteiger partial charge in [0.2, 0.25) is 0 Å². The molecule has 104 valence electrons. The van der Waals surface area contributed by atoms with Gasteiger partial charge in [0.05, 0.1) is 0 Å². The number of carbonyl (C=O) groups excluding carboxylic acids is 1. The highest BCUT2D eigenvalue weighted by Crippen LogP contribution is 2.36. The van der Waals surface area contributed by atoms with Crippen LogP contribution in [-0.2, 0) is 6.42 Å². The number of aryl methyl sites for hydroxylation is 1. The topological polar surface area (TPSA) is 34.0 Å². The van der Waals surface area contributed by atoms with Gasteiger partial charge in [-0.3, -0.25) is 4.79 Å². The van der Waals surface area contributed by atoms with Gasteiger partial charge in [-0.15, -0.1) is 0 Å². The SMILES string of the molecule is CCc1cc(Br)ccc1NC(=O)c1cccn1C1CC1. The van der Waals surface area contributed by atoms with Gasteiger partial charge in [0.1, 0.15) is 5.69 Å². The summed E-state index contributed by atoms with van der Waals surface area (Å²) in [4.78, 5) is 12.4. The van der Waals surface area contributed by atoms with E-state index in [1.165, 1.54) is 12.8 Å². The lowest BCUT2D eigenvalue weighted by molar-refractivity contribution is 0.101. The molecule has 1 fully saturated rings. The van der Waals surface area contributed by atoms with Crippen molar-refractivity contribution in [2.24, 2.45) is 0 Å². The van der Waals surface area contributed by atoms with Crippen molar-refractivity contribution < 1.29 is 4.79 Å². The summed E-state index contributed by atoms with van der Waals surface area (Å²) in [5, 5.41) is 3.03. The number of aromatic nitrogens is 1. The Labute approximate surface area is 127 Å². The van der Waals surface area contributed by atoms with E-state index in [0.717, 1.165) is 27.8 Å². The molecule has 3 rings (SSSR count). The first-order valence-electron chi connectivity index (χ1n) is 6.95. The average molecular weight is 333 g/mol. The largest absolute Gasteiger partial charge is 0.340 e. The second-order valence-electron chi connectivity index (χ2n) is 5.14. The van der Waals surface area contributed by atoms with E-state index in [1.54, 1.807) is 0 Å². The maximum absolute atomic E-state index is 12.4. The molecule has 1 heterocycles. The summed E-state index contributed by atoms with van der Waals surface area (Å²) in [5.74, 6) is -0.0288. The quantitative estimate of drug-likeness (QED) is 0.884. The Balaban J connectivity index is 1.83. The fourth-order valence-electron chi connectivity index (χ4n) is 2.42. The molecule has 0 saturated heterocycles. The Kier molecular flexibility index (Phi) is 3.66. The molecule has 1 aromatic heterocycles. The molecule has 0 unspecified atom stereocenters. The summed E-state index contributed by atoms with van der Waals surface area (Å²) in [7, 11) is 0. The molecule has 3 nitrogen and oxygen atoms in total. The zero-order valence-electron chi connectivity index (χ0n) is 11.4. The van der Waals surface area contributed by atoms with Crippen molar-refractivity contribution in [3.63, 3.8) is 0 Å². The zero-order valence-corrected chi connectivity index (χ0v) is 13.0. The smallest absolute Gasteiger partial charge is 0.272 e. The normalized spacial score (nSPS) is 14.3. The predicted octanol–water partition coefficient (Wildman–Crippen LogP) is 4.40. The fourth-order valence-corrected chi connectivity index (χ4v) is 2.83. The second kappa shape index (κ2) is 5.44. The molecule has 1 N–H and O–H groups in total. The Morgan fingerprint density at radius 1 is 1.40 bits per heavy atom. The first kappa shape index (κ1) is 13.4. The first-order chi connectivity index (χ1) is 9.69. The van der Waals surface area contributed by atoms with Gasteiger partial charge < -0.3 is 9.88 Å². The Bertz CT molecular complexity index is 644. The number of nitrogens with zero attached hydrogens (tertiary/aromatic N) is 1. The lowest BCUT2D eigenvalue weighted by Crippen LogP contribution is -2.17. The Morgan fingerprint density at radius 3 is 2.90 bits per heavy atom. The van der Waals surface area contributed by atoms with E-state index in [9.17, 15) is 4.79 Å². The summed E-state index contributed by atoms with van der Waals surface area (Å²) < 4.78 is 3.12. The molecule has 4 heteroatoms. The van der Waals surface area contributed by atoms with E-state index in [1.807, 2.05) is 30.5 Å². The van der Waals surface area contributed by atoms with Crippen LogP contribution in [0.15, 0.2) is 41.0 Å². The molecule has 0 radical (unpaired) electrons. The average Bonchev–Trinajstić information content (AvgIpc) is 3.17. The van der Waals surface area contributed by atoms with Crippen LogP contribution >= 0.6 is 15.9 Å². The molecule has 1 aromatic carbocycles. The number of nitrogens with one attached hydrogen (secondary N) is 1. The van der Waals surface area contributed by atoms with Crippen LogP contribution in [0.1, 0.15) is 41.9 Å². The molecule has 1 amide bonds. The van der Waals surface area contributed by atoms with E-state index >= 15 is 0 Å². The van der Waals surface area contributed by atoms with Crippen molar-refractivity contribution in [2.45, 2.75) is 32.2 Å². The second-order valence-corrected chi connectivity index (χ2v) is 6.06. The molecular weight excluding hydrogens is 316 g/mol. The number of hydrogen-bond donors (Lipinski definition) is 1. The fraction of sp³-hybridized carbons (Fsp3) is 0.312. The van der Waals surface area contributed by atoms with Crippen molar-refractivity contribution in [3.05, 3.63) is 52.3 Å². The zero-order chi connectivity index (χ0) is 14.1. The summed E-state index contributed by atoms with van der Waals surface area (Å²) in [6.07, 6.45) is 5.23. The van der Waals surface area contributed by atoms with Crippen LogP contribution in [0.5, 0.6) is 0 Å². The molecule has 0 spiro atoms. The number of benzene rings is 1. The third-order valence-electron chi connectivity index (χ3n) is 3.65. The maximum Gasteiger partial charge on any atom is 0.272 e. The summed E-state index contributed by atoms with van der Waals surface area (Å²) >= 11 is 3.46. The van der Waals surface area contributed by atoms with Crippen LogP contribution in [0, 0.1) is 0 Å². The highest BCUT2D eigenvalue weighted by atomic mass is 79.9. The van der Waals surface area contributed by atoms with E-state index in [-0.39, 0.29) is 5.91 Å². The molecule has 1 aliphatic carbocycles. The minimum atomic E-state index is -0.0288. The van der Waals surface area contributed by atoms with Gasteiger partial charge in [-0.25, -0.2) is 0 Å². The minimum Gasteiger partial charge on any atom is -0.340 e. The molecule has 1 saturated carbocycles. The van der Waals surface area contributed by atoms with Gasteiger partial charge in [-0.05, 0) is 55.2 Å². The van der Waals surface area contributed by atoms with E-state index in [0.29, 0.717) is 6.04 Å². The Morgan fingerprint density at radius 2 is 2.20 bits per heavy atom. The molecule has 20 heavy (non-hydrogen) atoms. The van der Waals surface area contributed by atoms with Crippen LogP contribution < -0.4 is 5.32 Å². The third kappa shape index (κ3) is 2.66. The van der Waals surface area contributed by atoms with E-state index in [2.05, 4.69) is 38.8 Å². The van der Waals surface area contributed by atoms with E-state index < -0.39 is 0 Å². The Hall–Kier alpha value is -1.55. The van der Waals surface area contributed by atoms with Gasteiger partial charge in [0.15, 0.2) is 0 Å². The lowest BCUT2D eigenvalue weighted by atomic mass is 10.1. The van der Waals surface area contributed by atoms with Gasteiger partial charge >= 0.3 is 0 Å². The number of anilines is 1. The number of amides is 1. The first-order valence-corrected chi connectivity index (χ1v) is 7.75. The van der Waals surface area contributed by atoms with Crippen molar-refractivity contribution in [3.8, 4) is 0 Å². The van der Waals surface area contributed by atoms with Crippen LogP contribution in [0.25, 0.3) is 0 Å². The van der Waals surface area contributed by atoms with Gasteiger partial charge in [0.25, 0.3) is 5.91 Å². The van der Waals surface area contributed by atoms with Crippen LogP contribution in [0.2, 0.25) is 0 Å². The number of halogens is 1. The van der Waals surface area contributed by atoms with Crippen molar-refractivity contribution in [2.75, 3.05) is 5.32 Å². The molecule has 2 aromatic rings. The van der Waals surface area contributed by atoms with Crippen LogP contribution in [0.4, 0.5) is 5.69 Å². The third-order valence-corrected chi connectivity index (χ3v) is 4.14. The van der Waals surface area contributed by atoms with Gasteiger partial charge in [-0.1, -0.05) is 22.9 Å². The lowest BCUT2D eigenvalue weighted by Gasteiger charge is -2.12. The number of carbonyl (C=O) groups is 1. The molecule has 0 aliphatic heterocycles. The predicted molar refractivity (Wildman–Crippen MR) is 84.2 cm³/mol. The number of hydrogen-bond acceptors (Lipinski definition) is 1.